The molecule has 0 amide bonds. The molecule has 0 spiro atoms. The second kappa shape index (κ2) is 17.9. The Morgan fingerprint density at radius 3 is 2.32 bits per heavy atom. The van der Waals surface area contributed by atoms with Gasteiger partial charge in [0.25, 0.3) is 0 Å². The van der Waals surface area contributed by atoms with Crippen LogP contribution >= 0.6 is 0 Å². The minimum Gasteiger partial charge on any atom is -0.436 e. The Kier molecular flexibility index (Phi) is 17.3. The highest BCUT2D eigenvalue weighted by atomic mass is 16.6. The first kappa shape index (κ1) is 24.1. The van der Waals surface area contributed by atoms with Gasteiger partial charge < -0.3 is 14.9 Å². The first-order chi connectivity index (χ1) is 12.1. The fraction of sp³-hybridized carbons (Fsp3) is 0.857. The number of hydrogen-bond acceptors (Lipinski definition) is 4. The standard InChI is InChI=1S/C21H40O4/c1-3-5-6-13-16-19(22)17-14-11-9-7-8-10-12-15-18-21(24)25-20(23)4-2/h11,14,19-20,22-23H,3-10,12-13,15-18H2,1-2H3/b14-11-/t19-,20?/m1/s1. The molecule has 148 valence electrons. The number of carbonyl (C=O) groups is 1. The maximum atomic E-state index is 11.4. The lowest BCUT2D eigenvalue weighted by molar-refractivity contribution is -0.168. The molecule has 0 aromatic rings. The van der Waals surface area contributed by atoms with Gasteiger partial charge in [-0.15, -0.1) is 0 Å². The van der Waals surface area contributed by atoms with Crippen molar-refractivity contribution < 1.29 is 19.7 Å². The number of aliphatic hydroxyl groups excluding tert-OH is 2. The quantitative estimate of drug-likeness (QED) is 0.161. The largest absolute Gasteiger partial charge is 0.436 e. The molecule has 0 bridgehead atoms. The second-order valence-corrected chi connectivity index (χ2v) is 6.87. The maximum Gasteiger partial charge on any atom is 0.308 e. The molecule has 1 unspecified atom stereocenters. The molecule has 2 N–H and O–H groups in total. The van der Waals surface area contributed by atoms with E-state index in [1.807, 2.05) is 0 Å². The van der Waals surface area contributed by atoms with E-state index in [-0.39, 0.29) is 12.1 Å². The lowest BCUT2D eigenvalue weighted by atomic mass is 10.1. The molecule has 2 atom stereocenters. The van der Waals surface area contributed by atoms with Gasteiger partial charge in [0.2, 0.25) is 0 Å². The summed E-state index contributed by atoms with van der Waals surface area (Å²) in [5.41, 5.74) is 0. The number of esters is 1. The van der Waals surface area contributed by atoms with E-state index < -0.39 is 6.29 Å². The van der Waals surface area contributed by atoms with E-state index in [1.54, 1.807) is 6.92 Å². The van der Waals surface area contributed by atoms with Gasteiger partial charge in [-0.3, -0.25) is 4.79 Å². The molecule has 0 saturated heterocycles. The summed E-state index contributed by atoms with van der Waals surface area (Å²) in [6.45, 7) is 3.98. The third kappa shape index (κ3) is 17.7. The summed E-state index contributed by atoms with van der Waals surface area (Å²) < 4.78 is 4.81. The van der Waals surface area contributed by atoms with Gasteiger partial charge in [-0.1, -0.05) is 70.9 Å². The van der Waals surface area contributed by atoms with Gasteiger partial charge in [0.1, 0.15) is 0 Å². The number of aliphatic hydroxyl groups is 2. The van der Waals surface area contributed by atoms with E-state index in [0.29, 0.717) is 12.8 Å². The molecule has 0 fully saturated rings. The number of unbranched alkanes of at least 4 members (excludes halogenated alkanes) is 8. The Labute approximate surface area is 154 Å². The third-order valence-electron chi connectivity index (χ3n) is 4.33. The molecule has 0 rings (SSSR count). The van der Waals surface area contributed by atoms with Crippen molar-refractivity contribution in [1.82, 2.24) is 0 Å². The highest BCUT2D eigenvalue weighted by molar-refractivity contribution is 5.69. The van der Waals surface area contributed by atoms with Crippen molar-refractivity contribution in [2.24, 2.45) is 0 Å². The van der Waals surface area contributed by atoms with Crippen LogP contribution in [0.1, 0.15) is 104 Å². The van der Waals surface area contributed by atoms with Gasteiger partial charge in [-0.05, 0) is 32.1 Å². The normalized spacial score (nSPS) is 13.9. The second-order valence-electron chi connectivity index (χ2n) is 6.87. The van der Waals surface area contributed by atoms with E-state index in [2.05, 4.69) is 19.1 Å². The zero-order chi connectivity index (χ0) is 18.8. The molecule has 0 radical (unpaired) electrons. The van der Waals surface area contributed by atoms with Crippen LogP contribution in [0, 0.1) is 0 Å². The van der Waals surface area contributed by atoms with Crippen molar-refractivity contribution >= 4 is 5.97 Å². The van der Waals surface area contributed by atoms with Crippen LogP contribution in [-0.2, 0) is 9.53 Å². The summed E-state index contributed by atoms with van der Waals surface area (Å²) >= 11 is 0. The Bertz CT molecular complexity index is 328. The zero-order valence-corrected chi connectivity index (χ0v) is 16.4. The predicted octanol–water partition coefficient (Wildman–Crippen LogP) is 5.27. The SMILES string of the molecule is CCCCCC[C@@H](O)C/C=C\CCCCCCCC(=O)OC(O)CC. The number of hydrogen-bond donors (Lipinski definition) is 2. The van der Waals surface area contributed by atoms with Gasteiger partial charge in [0, 0.05) is 12.8 Å². The van der Waals surface area contributed by atoms with Crippen LogP contribution in [0.2, 0.25) is 0 Å². The average molecular weight is 357 g/mol. The third-order valence-corrected chi connectivity index (χ3v) is 4.33. The summed E-state index contributed by atoms with van der Waals surface area (Å²) in [5.74, 6) is -0.300. The van der Waals surface area contributed by atoms with E-state index in [1.165, 1.54) is 19.3 Å². The zero-order valence-electron chi connectivity index (χ0n) is 16.4. The molecule has 0 heterocycles. The minimum atomic E-state index is -0.950. The van der Waals surface area contributed by atoms with Gasteiger partial charge in [0.15, 0.2) is 6.29 Å². The van der Waals surface area contributed by atoms with E-state index in [4.69, 9.17) is 4.74 Å². The monoisotopic (exact) mass is 356 g/mol. The molecule has 0 aliphatic rings. The van der Waals surface area contributed by atoms with Gasteiger partial charge >= 0.3 is 5.97 Å². The Hall–Kier alpha value is -0.870. The Morgan fingerprint density at radius 1 is 0.920 bits per heavy atom. The van der Waals surface area contributed by atoms with Gasteiger partial charge in [-0.2, -0.15) is 0 Å². The lowest BCUT2D eigenvalue weighted by Crippen LogP contribution is -2.16. The summed E-state index contributed by atoms with van der Waals surface area (Å²) in [7, 11) is 0. The molecule has 4 heteroatoms. The van der Waals surface area contributed by atoms with Crippen LogP contribution in [0.15, 0.2) is 12.2 Å². The molecule has 0 aliphatic carbocycles. The molecule has 25 heavy (non-hydrogen) atoms. The Balaban J connectivity index is 3.36. The molecular weight excluding hydrogens is 316 g/mol. The van der Waals surface area contributed by atoms with Crippen molar-refractivity contribution in [2.45, 2.75) is 116 Å². The van der Waals surface area contributed by atoms with E-state index >= 15 is 0 Å². The predicted molar refractivity (Wildman–Crippen MR) is 103 cm³/mol. The van der Waals surface area contributed by atoms with Crippen molar-refractivity contribution in [3.05, 3.63) is 12.2 Å². The van der Waals surface area contributed by atoms with Crippen LogP contribution in [-0.4, -0.2) is 28.6 Å². The van der Waals surface area contributed by atoms with Crippen LogP contribution in [0.5, 0.6) is 0 Å². The molecule has 0 saturated carbocycles. The fourth-order valence-electron chi connectivity index (χ4n) is 2.65. The number of ether oxygens (including phenoxy) is 1. The molecule has 0 aromatic carbocycles. The minimum absolute atomic E-state index is 0.181. The van der Waals surface area contributed by atoms with Crippen LogP contribution in [0.25, 0.3) is 0 Å². The maximum absolute atomic E-state index is 11.4. The summed E-state index contributed by atoms with van der Waals surface area (Å²) in [5, 5.41) is 19.1. The van der Waals surface area contributed by atoms with Gasteiger partial charge in [-0.25, -0.2) is 0 Å². The molecule has 0 aromatic heterocycles. The number of carbonyl (C=O) groups excluding carboxylic acids is 1. The lowest BCUT2D eigenvalue weighted by Gasteiger charge is -2.09. The van der Waals surface area contributed by atoms with Crippen LogP contribution in [0.4, 0.5) is 0 Å². The van der Waals surface area contributed by atoms with Crippen molar-refractivity contribution in [3.63, 3.8) is 0 Å². The highest BCUT2D eigenvalue weighted by Crippen LogP contribution is 2.11. The van der Waals surface area contributed by atoms with Gasteiger partial charge in [0.05, 0.1) is 6.10 Å². The first-order valence-corrected chi connectivity index (χ1v) is 10.3. The van der Waals surface area contributed by atoms with Crippen LogP contribution < -0.4 is 0 Å². The summed E-state index contributed by atoms with van der Waals surface area (Å²) in [4.78, 5) is 11.4. The smallest absolute Gasteiger partial charge is 0.308 e. The molecule has 4 nitrogen and oxygen atoms in total. The van der Waals surface area contributed by atoms with Crippen molar-refractivity contribution in [2.75, 3.05) is 0 Å². The van der Waals surface area contributed by atoms with Crippen molar-refractivity contribution in [1.29, 1.82) is 0 Å². The van der Waals surface area contributed by atoms with Crippen LogP contribution in [0.3, 0.4) is 0 Å². The average Bonchev–Trinajstić information content (AvgIpc) is 2.60. The molecule has 0 aliphatic heterocycles. The fourth-order valence-corrected chi connectivity index (χ4v) is 2.65. The highest BCUT2D eigenvalue weighted by Gasteiger charge is 2.07. The van der Waals surface area contributed by atoms with E-state index in [0.717, 1.165) is 57.8 Å². The topological polar surface area (TPSA) is 66.8 Å². The summed E-state index contributed by atoms with van der Waals surface area (Å²) in [6, 6.07) is 0. The number of rotatable bonds is 17. The summed E-state index contributed by atoms with van der Waals surface area (Å²) in [6.07, 6.45) is 16.9. The van der Waals surface area contributed by atoms with E-state index in [9.17, 15) is 15.0 Å². The number of allylic oxidation sites excluding steroid dienone is 1. The van der Waals surface area contributed by atoms with Crippen molar-refractivity contribution in [3.8, 4) is 0 Å². The Morgan fingerprint density at radius 2 is 1.60 bits per heavy atom. The first-order valence-electron chi connectivity index (χ1n) is 10.3. The molecular formula is C21H40O4.